The molecule has 0 aliphatic rings. The maximum absolute atomic E-state index is 10.8. The highest BCUT2D eigenvalue weighted by Crippen LogP contribution is 1.84. The number of carbonyl (C=O) groups excluding carboxylic acids is 1. The molecule has 0 rings (SSSR count). The van der Waals surface area contributed by atoms with E-state index in [-0.39, 0.29) is 11.9 Å². The number of nitrogens with two attached hydrogens (primary N) is 1. The first-order chi connectivity index (χ1) is 5.20. The lowest BCUT2D eigenvalue weighted by molar-refractivity contribution is -0.120. The normalized spacial score (nSPS) is 12.2. The lowest BCUT2D eigenvalue weighted by Gasteiger charge is -2.08. The topological polar surface area (TPSA) is 55.1 Å². The molecule has 0 aromatic heterocycles. The molecule has 3 N–H and O–H groups in total. The zero-order valence-electron chi connectivity index (χ0n) is 6.97. The molecule has 3 nitrogen and oxygen atoms in total. The van der Waals surface area contributed by atoms with E-state index < -0.39 is 0 Å². The Morgan fingerprint density at radius 3 is 2.91 bits per heavy atom. The van der Waals surface area contributed by atoms with Gasteiger partial charge in [0, 0.05) is 19.0 Å². The Hall–Kier alpha value is -0.830. The molecular formula is C8H16N2O. The number of amides is 1. The minimum absolute atomic E-state index is 0.0103. The smallest absolute Gasteiger partial charge is 0.223 e. The first-order valence-corrected chi connectivity index (χ1v) is 3.83. The summed E-state index contributed by atoms with van der Waals surface area (Å²) in [5, 5.41) is 2.70. The molecule has 0 aromatic rings. The predicted molar refractivity (Wildman–Crippen MR) is 46.1 cm³/mol. The van der Waals surface area contributed by atoms with Crippen LogP contribution in [0.25, 0.3) is 0 Å². The second-order valence-corrected chi connectivity index (χ2v) is 2.47. The maximum Gasteiger partial charge on any atom is 0.223 e. The Balaban J connectivity index is 3.37. The summed E-state index contributed by atoms with van der Waals surface area (Å²) in [7, 11) is 0. The molecule has 0 aliphatic heterocycles. The summed E-state index contributed by atoms with van der Waals surface area (Å²) >= 11 is 0. The number of rotatable bonds is 5. The first kappa shape index (κ1) is 10.2. The van der Waals surface area contributed by atoms with E-state index in [2.05, 4.69) is 11.9 Å². The van der Waals surface area contributed by atoms with Crippen LogP contribution in [0.2, 0.25) is 0 Å². The fraction of sp³-hybridized carbons (Fsp3) is 0.625. The van der Waals surface area contributed by atoms with E-state index in [4.69, 9.17) is 5.73 Å². The van der Waals surface area contributed by atoms with Gasteiger partial charge in [0.1, 0.15) is 0 Å². The quantitative estimate of drug-likeness (QED) is 0.567. The zero-order chi connectivity index (χ0) is 8.69. The van der Waals surface area contributed by atoms with Gasteiger partial charge in [-0.25, -0.2) is 0 Å². The third-order valence-electron chi connectivity index (χ3n) is 1.42. The van der Waals surface area contributed by atoms with Crippen LogP contribution in [0.3, 0.4) is 0 Å². The molecule has 11 heavy (non-hydrogen) atoms. The SMILES string of the molecule is C=CCC(=O)NCC(N)CC. The van der Waals surface area contributed by atoms with Crippen LogP contribution in [-0.2, 0) is 4.79 Å². The van der Waals surface area contributed by atoms with Gasteiger partial charge in [0.15, 0.2) is 0 Å². The van der Waals surface area contributed by atoms with Crippen molar-refractivity contribution in [2.24, 2.45) is 5.73 Å². The summed E-state index contributed by atoms with van der Waals surface area (Å²) in [5.41, 5.74) is 5.58. The molecule has 0 spiro atoms. The van der Waals surface area contributed by atoms with Crippen molar-refractivity contribution in [1.82, 2.24) is 5.32 Å². The Morgan fingerprint density at radius 2 is 2.45 bits per heavy atom. The number of hydrogen-bond donors (Lipinski definition) is 2. The zero-order valence-corrected chi connectivity index (χ0v) is 6.97. The minimum Gasteiger partial charge on any atom is -0.354 e. The van der Waals surface area contributed by atoms with Crippen LogP contribution in [0.15, 0.2) is 12.7 Å². The van der Waals surface area contributed by atoms with E-state index in [1.54, 1.807) is 6.08 Å². The van der Waals surface area contributed by atoms with Gasteiger partial charge >= 0.3 is 0 Å². The highest BCUT2D eigenvalue weighted by molar-refractivity contribution is 5.77. The van der Waals surface area contributed by atoms with Gasteiger partial charge in [-0.05, 0) is 6.42 Å². The summed E-state index contributed by atoms with van der Waals surface area (Å²) < 4.78 is 0. The molecule has 0 bridgehead atoms. The Labute approximate surface area is 67.7 Å². The van der Waals surface area contributed by atoms with Crippen LogP contribution in [0.1, 0.15) is 19.8 Å². The van der Waals surface area contributed by atoms with Crippen molar-refractivity contribution in [1.29, 1.82) is 0 Å². The molecule has 0 fully saturated rings. The molecule has 3 heteroatoms. The van der Waals surface area contributed by atoms with Crippen LogP contribution in [0.4, 0.5) is 0 Å². The van der Waals surface area contributed by atoms with Crippen molar-refractivity contribution < 1.29 is 4.79 Å². The summed E-state index contributed by atoms with van der Waals surface area (Å²) in [6.45, 7) is 6.00. The van der Waals surface area contributed by atoms with Gasteiger partial charge in [-0.15, -0.1) is 6.58 Å². The van der Waals surface area contributed by atoms with Crippen LogP contribution in [-0.4, -0.2) is 18.5 Å². The van der Waals surface area contributed by atoms with E-state index in [9.17, 15) is 4.79 Å². The maximum atomic E-state index is 10.8. The van der Waals surface area contributed by atoms with E-state index in [0.29, 0.717) is 13.0 Å². The van der Waals surface area contributed by atoms with Gasteiger partial charge in [0.05, 0.1) is 0 Å². The number of hydrogen-bond acceptors (Lipinski definition) is 2. The number of carbonyl (C=O) groups is 1. The lowest BCUT2D eigenvalue weighted by Crippen LogP contribution is -2.36. The van der Waals surface area contributed by atoms with Crippen molar-refractivity contribution >= 4 is 5.91 Å². The highest BCUT2D eigenvalue weighted by atomic mass is 16.1. The van der Waals surface area contributed by atoms with Crippen molar-refractivity contribution in [2.45, 2.75) is 25.8 Å². The van der Waals surface area contributed by atoms with E-state index in [0.717, 1.165) is 6.42 Å². The standard InChI is InChI=1S/C8H16N2O/c1-3-5-8(11)10-6-7(9)4-2/h3,7H,1,4-6,9H2,2H3,(H,10,11). The Kier molecular flexibility index (Phi) is 5.47. The number of nitrogens with one attached hydrogen (secondary N) is 1. The molecule has 1 atom stereocenters. The van der Waals surface area contributed by atoms with Crippen LogP contribution < -0.4 is 11.1 Å². The summed E-state index contributed by atoms with van der Waals surface area (Å²) in [6, 6.07) is 0.0729. The van der Waals surface area contributed by atoms with Gasteiger partial charge in [-0.1, -0.05) is 13.0 Å². The summed E-state index contributed by atoms with van der Waals surface area (Å²) in [5.74, 6) is -0.0103. The summed E-state index contributed by atoms with van der Waals surface area (Å²) in [4.78, 5) is 10.8. The molecular weight excluding hydrogens is 140 g/mol. The van der Waals surface area contributed by atoms with Crippen LogP contribution in [0, 0.1) is 0 Å². The predicted octanol–water partition coefficient (Wildman–Crippen LogP) is 0.416. The lowest BCUT2D eigenvalue weighted by atomic mass is 10.2. The molecule has 1 amide bonds. The summed E-state index contributed by atoms with van der Waals surface area (Å²) in [6.07, 6.45) is 2.83. The molecule has 0 aliphatic carbocycles. The average Bonchev–Trinajstić information content (AvgIpc) is 2.01. The van der Waals surface area contributed by atoms with Gasteiger partial charge in [0.25, 0.3) is 0 Å². The third-order valence-corrected chi connectivity index (χ3v) is 1.42. The first-order valence-electron chi connectivity index (χ1n) is 3.83. The van der Waals surface area contributed by atoms with E-state index in [1.165, 1.54) is 0 Å². The molecule has 0 radical (unpaired) electrons. The average molecular weight is 156 g/mol. The Bertz CT molecular complexity index is 134. The monoisotopic (exact) mass is 156 g/mol. The second-order valence-electron chi connectivity index (χ2n) is 2.47. The van der Waals surface area contributed by atoms with Gasteiger partial charge in [0.2, 0.25) is 5.91 Å². The van der Waals surface area contributed by atoms with E-state index >= 15 is 0 Å². The molecule has 0 heterocycles. The fourth-order valence-electron chi connectivity index (χ4n) is 0.593. The molecule has 0 saturated heterocycles. The minimum atomic E-state index is -0.0103. The van der Waals surface area contributed by atoms with Crippen LogP contribution in [0.5, 0.6) is 0 Å². The van der Waals surface area contributed by atoms with Crippen molar-refractivity contribution in [3.05, 3.63) is 12.7 Å². The highest BCUT2D eigenvalue weighted by Gasteiger charge is 2.00. The van der Waals surface area contributed by atoms with Crippen LogP contribution >= 0.6 is 0 Å². The van der Waals surface area contributed by atoms with Gasteiger partial charge in [-0.2, -0.15) is 0 Å². The van der Waals surface area contributed by atoms with E-state index in [1.807, 2.05) is 6.92 Å². The largest absolute Gasteiger partial charge is 0.354 e. The van der Waals surface area contributed by atoms with Gasteiger partial charge < -0.3 is 11.1 Å². The third kappa shape index (κ3) is 5.61. The van der Waals surface area contributed by atoms with Gasteiger partial charge in [-0.3, -0.25) is 4.79 Å². The second kappa shape index (κ2) is 5.92. The molecule has 64 valence electrons. The molecule has 0 saturated carbocycles. The van der Waals surface area contributed by atoms with Crippen molar-refractivity contribution in [3.8, 4) is 0 Å². The molecule has 0 aromatic carbocycles. The van der Waals surface area contributed by atoms with Crippen molar-refractivity contribution in [3.63, 3.8) is 0 Å². The molecule has 1 unspecified atom stereocenters. The Morgan fingerprint density at radius 1 is 1.82 bits per heavy atom. The fourth-order valence-corrected chi connectivity index (χ4v) is 0.593. The van der Waals surface area contributed by atoms with Crippen molar-refractivity contribution in [2.75, 3.05) is 6.54 Å².